The van der Waals surface area contributed by atoms with E-state index >= 15 is 0 Å². The lowest BCUT2D eigenvalue weighted by Crippen LogP contribution is -2.23. The summed E-state index contributed by atoms with van der Waals surface area (Å²) in [5.41, 5.74) is 9.79. The van der Waals surface area contributed by atoms with Crippen molar-refractivity contribution in [2.75, 3.05) is 5.73 Å². The van der Waals surface area contributed by atoms with Gasteiger partial charge in [-0.25, -0.2) is 5.10 Å². The third kappa shape index (κ3) is 5.36. The minimum atomic E-state index is -0.939. The molecule has 1 aromatic heterocycles. The fourth-order valence-corrected chi connectivity index (χ4v) is 3.63. The molecule has 0 fully saturated rings. The van der Waals surface area contributed by atoms with E-state index in [-0.39, 0.29) is 11.1 Å². The van der Waals surface area contributed by atoms with E-state index in [0.29, 0.717) is 23.4 Å². The molecule has 3 aromatic rings. The minimum absolute atomic E-state index is 0.0425. The van der Waals surface area contributed by atoms with Crippen LogP contribution < -0.4 is 11.3 Å². The van der Waals surface area contributed by atoms with Crippen molar-refractivity contribution in [1.29, 1.82) is 0 Å². The number of aromatic nitrogens is 2. The van der Waals surface area contributed by atoms with Crippen LogP contribution in [-0.2, 0) is 19.3 Å². The molecular weight excluding hydrogens is 439 g/mol. The lowest BCUT2D eigenvalue weighted by atomic mass is 9.90. The Morgan fingerprint density at radius 1 is 1.19 bits per heavy atom. The molecule has 0 amide bonds. The molecule has 10 heteroatoms. The molecule has 1 aliphatic rings. The zero-order valence-electron chi connectivity index (χ0n) is 16.9. The molecule has 0 saturated carbocycles. The number of benzene rings is 2. The van der Waals surface area contributed by atoms with Gasteiger partial charge in [0.05, 0.1) is 21.3 Å². The Kier molecular flexibility index (Phi) is 7.32. The first kappa shape index (κ1) is 23.1. The van der Waals surface area contributed by atoms with Gasteiger partial charge in [0, 0.05) is 23.6 Å². The summed E-state index contributed by atoms with van der Waals surface area (Å²) in [7, 11) is 0. The van der Waals surface area contributed by atoms with Gasteiger partial charge in [-0.15, -0.1) is 0 Å². The number of H-pyrrole nitrogens is 1. The second-order valence-corrected chi connectivity index (χ2v) is 7.69. The Hall–Kier alpha value is -3.59. The second-order valence-electron chi connectivity index (χ2n) is 7.28. The average molecular weight is 459 g/mol. The maximum atomic E-state index is 12.6. The van der Waals surface area contributed by atoms with E-state index in [4.69, 9.17) is 17.3 Å². The van der Waals surface area contributed by atoms with Crippen molar-refractivity contribution in [3.8, 4) is 0 Å². The Balaban J connectivity index is 0.000000207. The SMILES string of the molecule is Nc1cc(Cc2n[nH]c(=O)c3c2CCCC3)ccc1Cl.O=Cc1ccc(F)c([N+](=O)[O-])c1. The summed E-state index contributed by atoms with van der Waals surface area (Å²) in [5, 5.41) is 17.5. The lowest BCUT2D eigenvalue weighted by Gasteiger charge is -2.17. The van der Waals surface area contributed by atoms with Gasteiger partial charge in [-0.05, 0) is 61.1 Å². The number of fused-ring (bicyclic) bond motifs is 1. The van der Waals surface area contributed by atoms with E-state index in [1.54, 1.807) is 6.07 Å². The summed E-state index contributed by atoms with van der Waals surface area (Å²) in [6.45, 7) is 0. The molecule has 8 nitrogen and oxygen atoms in total. The van der Waals surface area contributed by atoms with Gasteiger partial charge >= 0.3 is 5.69 Å². The zero-order chi connectivity index (χ0) is 23.3. The molecule has 4 rings (SSSR count). The number of carbonyl (C=O) groups excluding carboxylic acids is 1. The molecule has 0 bridgehead atoms. The van der Waals surface area contributed by atoms with Gasteiger partial charge < -0.3 is 5.73 Å². The van der Waals surface area contributed by atoms with Crippen LogP contribution in [-0.4, -0.2) is 21.4 Å². The first-order chi connectivity index (χ1) is 15.3. The summed E-state index contributed by atoms with van der Waals surface area (Å²) in [6, 6.07) is 8.56. The van der Waals surface area contributed by atoms with Crippen molar-refractivity contribution in [2.45, 2.75) is 32.1 Å². The zero-order valence-corrected chi connectivity index (χ0v) is 17.7. The normalized spacial score (nSPS) is 12.3. The van der Waals surface area contributed by atoms with Crippen LogP contribution in [0.3, 0.4) is 0 Å². The van der Waals surface area contributed by atoms with Gasteiger partial charge in [0.25, 0.3) is 5.56 Å². The van der Waals surface area contributed by atoms with Crippen molar-refractivity contribution in [3.63, 3.8) is 0 Å². The van der Waals surface area contributed by atoms with Crippen molar-refractivity contribution >= 4 is 29.3 Å². The van der Waals surface area contributed by atoms with Crippen molar-refractivity contribution < 1.29 is 14.1 Å². The van der Waals surface area contributed by atoms with Crippen LogP contribution in [0.25, 0.3) is 0 Å². The van der Waals surface area contributed by atoms with E-state index in [2.05, 4.69) is 10.2 Å². The number of halogens is 2. The number of nitrogens with zero attached hydrogens (tertiary/aromatic N) is 2. The van der Waals surface area contributed by atoms with Crippen LogP contribution in [0.2, 0.25) is 5.02 Å². The number of nitro groups is 1. The molecule has 3 N–H and O–H groups in total. The van der Waals surface area contributed by atoms with Crippen molar-refractivity contribution in [1.82, 2.24) is 10.2 Å². The summed E-state index contributed by atoms with van der Waals surface area (Å²) in [4.78, 5) is 31.2. The third-order valence-electron chi connectivity index (χ3n) is 5.12. The van der Waals surface area contributed by atoms with E-state index in [0.717, 1.165) is 60.2 Å². The third-order valence-corrected chi connectivity index (χ3v) is 5.46. The van der Waals surface area contributed by atoms with Gasteiger partial charge in [-0.1, -0.05) is 17.7 Å². The second kappa shape index (κ2) is 10.1. The van der Waals surface area contributed by atoms with Gasteiger partial charge in [-0.2, -0.15) is 9.49 Å². The number of nitro benzene ring substituents is 1. The number of nitrogens with two attached hydrogens (primary N) is 1. The highest BCUT2D eigenvalue weighted by Crippen LogP contribution is 2.24. The highest BCUT2D eigenvalue weighted by Gasteiger charge is 2.18. The predicted octanol–water partition coefficient (Wildman–Crippen LogP) is 4.02. The van der Waals surface area contributed by atoms with Crippen LogP contribution in [0.4, 0.5) is 15.8 Å². The van der Waals surface area contributed by atoms with Crippen LogP contribution in [0, 0.1) is 15.9 Å². The number of rotatable bonds is 4. The number of anilines is 1. The van der Waals surface area contributed by atoms with Gasteiger partial charge in [-0.3, -0.25) is 19.7 Å². The molecule has 0 spiro atoms. The molecule has 166 valence electrons. The number of aldehydes is 1. The van der Waals surface area contributed by atoms with Crippen LogP contribution in [0.5, 0.6) is 0 Å². The number of hydrogen-bond donors (Lipinski definition) is 2. The Bertz CT molecular complexity index is 1230. The quantitative estimate of drug-likeness (QED) is 0.262. The smallest absolute Gasteiger partial charge is 0.305 e. The predicted molar refractivity (Wildman–Crippen MR) is 119 cm³/mol. The lowest BCUT2D eigenvalue weighted by molar-refractivity contribution is -0.387. The highest BCUT2D eigenvalue weighted by molar-refractivity contribution is 6.33. The molecule has 0 unspecified atom stereocenters. The first-order valence-corrected chi connectivity index (χ1v) is 10.2. The summed E-state index contributed by atoms with van der Waals surface area (Å²) < 4.78 is 12.6. The number of hydrogen-bond acceptors (Lipinski definition) is 6. The molecule has 32 heavy (non-hydrogen) atoms. The van der Waals surface area contributed by atoms with Gasteiger partial charge in [0.1, 0.15) is 6.29 Å². The molecule has 0 atom stereocenters. The van der Waals surface area contributed by atoms with Crippen molar-refractivity contribution in [3.05, 3.63) is 95.7 Å². The topological polar surface area (TPSA) is 132 Å². The minimum Gasteiger partial charge on any atom is -0.398 e. The fraction of sp³-hybridized carbons (Fsp3) is 0.227. The van der Waals surface area contributed by atoms with Gasteiger partial charge in [0.15, 0.2) is 0 Å². The number of nitrogen functional groups attached to an aromatic ring is 1. The monoisotopic (exact) mass is 458 g/mol. The Morgan fingerprint density at radius 2 is 1.91 bits per heavy atom. The molecular formula is C22H20ClFN4O4. The Labute approximate surface area is 187 Å². The highest BCUT2D eigenvalue weighted by atomic mass is 35.5. The summed E-state index contributed by atoms with van der Waals surface area (Å²) in [6.07, 6.45) is 5.07. The van der Waals surface area contributed by atoms with Gasteiger partial charge in [0.2, 0.25) is 5.82 Å². The first-order valence-electron chi connectivity index (χ1n) is 9.82. The molecule has 2 aromatic carbocycles. The fourth-order valence-electron chi connectivity index (χ4n) is 3.51. The maximum absolute atomic E-state index is 12.6. The standard InChI is InChI=1S/C15H16ClN3O.C7H4FNO3/c16-12-6-5-9(7-13(12)17)8-14-10-3-1-2-4-11(10)15(20)19-18-14;8-6-2-1-5(4-10)3-7(6)9(11)12/h5-7H,1-4,8,17H2,(H,19,20);1-4H. The van der Waals surface area contributed by atoms with E-state index in [1.807, 2.05) is 12.1 Å². The summed E-state index contributed by atoms with van der Waals surface area (Å²) in [5.74, 6) is -0.939. The molecule has 0 saturated heterocycles. The van der Waals surface area contributed by atoms with Crippen LogP contribution in [0.1, 0.15) is 45.6 Å². The largest absolute Gasteiger partial charge is 0.398 e. The number of carbonyl (C=O) groups is 1. The van der Waals surface area contributed by atoms with Crippen LogP contribution in [0.15, 0.2) is 41.2 Å². The molecule has 1 heterocycles. The van der Waals surface area contributed by atoms with Crippen molar-refractivity contribution in [2.24, 2.45) is 0 Å². The van der Waals surface area contributed by atoms with Crippen LogP contribution >= 0.6 is 11.6 Å². The van der Waals surface area contributed by atoms with E-state index < -0.39 is 16.4 Å². The number of nitrogens with one attached hydrogen (secondary N) is 1. The summed E-state index contributed by atoms with van der Waals surface area (Å²) >= 11 is 5.93. The number of aromatic amines is 1. The maximum Gasteiger partial charge on any atom is 0.305 e. The average Bonchev–Trinajstić information content (AvgIpc) is 2.79. The Morgan fingerprint density at radius 3 is 2.56 bits per heavy atom. The molecule has 1 aliphatic carbocycles. The van der Waals surface area contributed by atoms with E-state index in [1.165, 1.54) is 6.07 Å². The van der Waals surface area contributed by atoms with E-state index in [9.17, 15) is 24.1 Å². The molecule has 0 aliphatic heterocycles. The molecule has 0 radical (unpaired) electrons.